The first-order chi connectivity index (χ1) is 26.2. The first kappa shape index (κ1) is 31.3. The standard InChI is InChI=1S/C50H42N2S/c1-2-13-44-37(9-1)10-8-14-45(44)38-11-7-12-43(30-38)51(40-21-19-39(20-22-40)50-31-34-27-35(32-50)29-36(28-34)33-50)41-23-25-42(26-24-41)52-46-15-3-5-17-48(46)53-49-18-6-4-16-47(49)52/h1-26,30,34-36H,27-29,31-33H2. The first-order valence-corrected chi connectivity index (χ1v) is 20.2. The van der Waals surface area contributed by atoms with E-state index >= 15 is 0 Å². The Morgan fingerprint density at radius 1 is 0.509 bits per heavy atom. The fourth-order valence-corrected chi connectivity index (χ4v) is 12.0. The molecule has 0 aromatic heterocycles. The first-order valence-electron chi connectivity index (χ1n) is 19.4. The predicted molar refractivity (Wildman–Crippen MR) is 223 cm³/mol. The molecule has 258 valence electrons. The SMILES string of the molecule is c1cc(-c2cccc3ccccc23)cc(N(c2ccc(N3c4ccccc4Sc4ccccc43)cc2)c2ccc(C34CC5CC(CC(C5)C3)C4)cc2)c1. The zero-order chi connectivity index (χ0) is 34.9. The summed E-state index contributed by atoms with van der Waals surface area (Å²) in [7, 11) is 0. The Labute approximate surface area is 317 Å². The van der Waals surface area contributed by atoms with E-state index in [1.807, 2.05) is 11.8 Å². The highest BCUT2D eigenvalue weighted by Crippen LogP contribution is 2.61. The summed E-state index contributed by atoms with van der Waals surface area (Å²) >= 11 is 1.85. The van der Waals surface area contributed by atoms with Crippen LogP contribution in [0, 0.1) is 17.8 Å². The molecule has 0 N–H and O–H groups in total. The van der Waals surface area contributed by atoms with Crippen LogP contribution < -0.4 is 9.80 Å². The monoisotopic (exact) mass is 702 g/mol. The van der Waals surface area contributed by atoms with Crippen molar-refractivity contribution >= 4 is 56.7 Å². The third kappa shape index (κ3) is 5.31. The highest BCUT2D eigenvalue weighted by atomic mass is 32.2. The molecule has 7 aromatic carbocycles. The topological polar surface area (TPSA) is 6.48 Å². The molecular formula is C50H42N2S. The summed E-state index contributed by atoms with van der Waals surface area (Å²) < 4.78 is 0. The van der Waals surface area contributed by atoms with Crippen molar-refractivity contribution in [2.75, 3.05) is 9.80 Å². The summed E-state index contributed by atoms with van der Waals surface area (Å²) in [6.07, 6.45) is 8.58. The van der Waals surface area contributed by atoms with E-state index in [0.29, 0.717) is 5.41 Å². The fourth-order valence-electron chi connectivity index (χ4n) is 10.9. The number of para-hydroxylation sites is 2. The summed E-state index contributed by atoms with van der Waals surface area (Å²) in [6, 6.07) is 61.0. The van der Waals surface area contributed by atoms with E-state index < -0.39 is 0 Å². The zero-order valence-corrected chi connectivity index (χ0v) is 30.7. The Kier molecular flexibility index (Phi) is 7.33. The Morgan fingerprint density at radius 2 is 1.08 bits per heavy atom. The molecule has 0 unspecified atom stereocenters. The number of rotatable bonds is 6. The second-order valence-corrected chi connectivity index (χ2v) is 17.1. The minimum absolute atomic E-state index is 0.382. The van der Waals surface area contributed by atoms with Crippen LogP contribution in [0.15, 0.2) is 174 Å². The molecule has 0 saturated heterocycles. The third-order valence-electron chi connectivity index (χ3n) is 12.8. The number of hydrogen-bond donors (Lipinski definition) is 0. The lowest BCUT2D eigenvalue weighted by molar-refractivity contribution is -0.00518. The van der Waals surface area contributed by atoms with Gasteiger partial charge in [-0.15, -0.1) is 0 Å². The van der Waals surface area contributed by atoms with Gasteiger partial charge in [-0.1, -0.05) is 103 Å². The number of hydrogen-bond acceptors (Lipinski definition) is 3. The molecule has 4 bridgehead atoms. The molecule has 3 heteroatoms. The van der Waals surface area contributed by atoms with Crippen molar-refractivity contribution in [2.24, 2.45) is 17.8 Å². The van der Waals surface area contributed by atoms with Crippen molar-refractivity contribution in [1.29, 1.82) is 0 Å². The quantitative estimate of drug-likeness (QED) is 0.170. The molecule has 53 heavy (non-hydrogen) atoms. The molecule has 0 amide bonds. The normalized spacial score (nSPS) is 22.4. The predicted octanol–water partition coefficient (Wildman–Crippen LogP) is 14.4. The van der Waals surface area contributed by atoms with Gasteiger partial charge in [-0.05, 0) is 162 Å². The second kappa shape index (κ2) is 12.4. The minimum Gasteiger partial charge on any atom is -0.310 e. The summed E-state index contributed by atoms with van der Waals surface area (Å²) in [5.41, 5.74) is 11.6. The lowest BCUT2D eigenvalue weighted by atomic mass is 9.48. The Morgan fingerprint density at radius 3 is 1.75 bits per heavy atom. The Balaban J connectivity index is 1.01. The van der Waals surface area contributed by atoms with Gasteiger partial charge in [-0.2, -0.15) is 0 Å². The average Bonchev–Trinajstić information content (AvgIpc) is 3.20. The molecule has 1 heterocycles. The van der Waals surface area contributed by atoms with Gasteiger partial charge in [-0.3, -0.25) is 0 Å². The molecule has 0 radical (unpaired) electrons. The summed E-state index contributed by atoms with van der Waals surface area (Å²) in [6.45, 7) is 0. The van der Waals surface area contributed by atoms with Crippen LogP contribution in [0.2, 0.25) is 0 Å². The van der Waals surface area contributed by atoms with Crippen molar-refractivity contribution in [3.05, 3.63) is 169 Å². The maximum atomic E-state index is 2.48. The summed E-state index contributed by atoms with van der Waals surface area (Å²) in [5, 5.41) is 2.55. The molecule has 4 saturated carbocycles. The maximum absolute atomic E-state index is 2.48. The van der Waals surface area contributed by atoms with Crippen LogP contribution in [0.3, 0.4) is 0 Å². The zero-order valence-electron chi connectivity index (χ0n) is 29.9. The molecule has 0 spiro atoms. The largest absolute Gasteiger partial charge is 0.310 e. The molecule has 4 aliphatic carbocycles. The third-order valence-corrected chi connectivity index (χ3v) is 13.9. The lowest BCUT2D eigenvalue weighted by Gasteiger charge is -2.57. The number of benzene rings is 7. The van der Waals surface area contributed by atoms with Gasteiger partial charge in [0.05, 0.1) is 11.4 Å². The smallest absolute Gasteiger partial charge is 0.0601 e. The number of fused-ring (bicyclic) bond motifs is 3. The fraction of sp³-hybridized carbons (Fsp3) is 0.200. The van der Waals surface area contributed by atoms with E-state index in [4.69, 9.17) is 0 Å². The lowest BCUT2D eigenvalue weighted by Crippen LogP contribution is -2.48. The summed E-state index contributed by atoms with van der Waals surface area (Å²) in [5.74, 6) is 2.81. The van der Waals surface area contributed by atoms with E-state index in [1.54, 1.807) is 5.56 Å². The highest BCUT2D eigenvalue weighted by Gasteiger charge is 2.51. The molecule has 2 nitrogen and oxygen atoms in total. The van der Waals surface area contributed by atoms with Gasteiger partial charge >= 0.3 is 0 Å². The van der Waals surface area contributed by atoms with E-state index in [9.17, 15) is 0 Å². The molecular weight excluding hydrogens is 661 g/mol. The van der Waals surface area contributed by atoms with Crippen LogP contribution in [0.5, 0.6) is 0 Å². The van der Waals surface area contributed by atoms with E-state index in [1.165, 1.54) is 87.3 Å². The Hall–Kier alpha value is -5.25. The molecule has 0 atom stereocenters. The van der Waals surface area contributed by atoms with Gasteiger partial charge < -0.3 is 9.80 Å². The van der Waals surface area contributed by atoms with Crippen molar-refractivity contribution in [3.63, 3.8) is 0 Å². The van der Waals surface area contributed by atoms with Crippen molar-refractivity contribution < 1.29 is 0 Å². The average molecular weight is 703 g/mol. The van der Waals surface area contributed by atoms with Crippen LogP contribution in [-0.4, -0.2) is 0 Å². The van der Waals surface area contributed by atoms with Gasteiger partial charge in [0.15, 0.2) is 0 Å². The molecule has 5 aliphatic rings. The molecule has 12 rings (SSSR count). The highest BCUT2D eigenvalue weighted by molar-refractivity contribution is 7.99. The Bertz CT molecular complexity index is 2400. The number of anilines is 6. The van der Waals surface area contributed by atoms with Crippen molar-refractivity contribution in [1.82, 2.24) is 0 Å². The molecule has 7 aromatic rings. The molecule has 4 fully saturated rings. The van der Waals surface area contributed by atoms with Crippen LogP contribution in [0.1, 0.15) is 44.1 Å². The summed E-state index contributed by atoms with van der Waals surface area (Å²) in [4.78, 5) is 7.43. The van der Waals surface area contributed by atoms with E-state index in [0.717, 1.165) is 34.8 Å². The van der Waals surface area contributed by atoms with Gasteiger partial charge in [0.25, 0.3) is 0 Å². The van der Waals surface area contributed by atoms with E-state index in [2.05, 4.69) is 174 Å². The van der Waals surface area contributed by atoms with Gasteiger partial charge in [0.1, 0.15) is 0 Å². The van der Waals surface area contributed by atoms with Crippen LogP contribution in [-0.2, 0) is 5.41 Å². The second-order valence-electron chi connectivity index (χ2n) is 16.0. The van der Waals surface area contributed by atoms with Gasteiger partial charge in [-0.25, -0.2) is 0 Å². The van der Waals surface area contributed by atoms with Crippen molar-refractivity contribution in [3.8, 4) is 11.1 Å². The van der Waals surface area contributed by atoms with Crippen molar-refractivity contribution in [2.45, 2.75) is 53.7 Å². The van der Waals surface area contributed by atoms with Gasteiger partial charge in [0, 0.05) is 32.5 Å². The van der Waals surface area contributed by atoms with Crippen LogP contribution in [0.4, 0.5) is 34.1 Å². The minimum atomic E-state index is 0.382. The van der Waals surface area contributed by atoms with E-state index in [-0.39, 0.29) is 0 Å². The van der Waals surface area contributed by atoms with Crippen LogP contribution in [0.25, 0.3) is 21.9 Å². The molecule has 1 aliphatic heterocycles. The van der Waals surface area contributed by atoms with Gasteiger partial charge in [0.2, 0.25) is 0 Å². The number of nitrogens with zero attached hydrogens (tertiary/aromatic N) is 2. The maximum Gasteiger partial charge on any atom is 0.0601 e. The van der Waals surface area contributed by atoms with Crippen LogP contribution >= 0.6 is 11.8 Å².